The number of hydrogen-bond acceptors (Lipinski definition) is 7. The van der Waals surface area contributed by atoms with Crippen LogP contribution in [-0.2, 0) is 4.74 Å². The maximum absolute atomic E-state index is 11.8. The molecule has 1 aliphatic heterocycles. The molecule has 0 aliphatic carbocycles. The molecular weight excluding hydrogens is 316 g/mol. The van der Waals surface area contributed by atoms with Crippen molar-refractivity contribution in [1.29, 1.82) is 0 Å². The maximum Gasteiger partial charge on any atom is 0.271 e. The van der Waals surface area contributed by atoms with Gasteiger partial charge in [-0.1, -0.05) is 11.6 Å². The molecule has 0 unspecified atom stereocenters. The third kappa shape index (κ3) is 3.54. The van der Waals surface area contributed by atoms with Crippen molar-refractivity contribution in [2.75, 3.05) is 6.61 Å². The van der Waals surface area contributed by atoms with Gasteiger partial charge in [0.1, 0.15) is 12.2 Å². The number of nitrogens with zero attached hydrogens (tertiary/aromatic N) is 1. The normalized spacial score (nSPS) is 27.5. The molecule has 1 aromatic carbocycles. The van der Waals surface area contributed by atoms with E-state index < -0.39 is 36.9 Å². The first-order chi connectivity index (χ1) is 10.4. The van der Waals surface area contributed by atoms with E-state index in [9.17, 15) is 20.1 Å². The zero-order valence-corrected chi connectivity index (χ0v) is 12.0. The molecular formula is C13H15ClN2O6. The third-order valence-electron chi connectivity index (χ3n) is 3.11. The molecule has 0 aromatic heterocycles. The summed E-state index contributed by atoms with van der Waals surface area (Å²) in [6.07, 6.45) is -5.60. The molecule has 1 fully saturated rings. The largest absolute Gasteiger partial charge is 0.469 e. The predicted octanol–water partition coefficient (Wildman–Crippen LogP) is -1.14. The standard InChI is InChI=1S/C13H15ClN2O6/c14-7-3-1-6(2-4-7)12(21)15-16-13-10(20)9(19)11(22-13)8(18)5-17/h1-4,8-11,17-20H,5H2,(H,15,21)/b16-13+/t8-,9-,10-,11+/m1/s1. The Morgan fingerprint density at radius 2 is 2.00 bits per heavy atom. The summed E-state index contributed by atoms with van der Waals surface area (Å²) in [4.78, 5) is 11.8. The molecule has 0 saturated carbocycles. The van der Waals surface area contributed by atoms with Crippen molar-refractivity contribution < 1.29 is 30.0 Å². The summed E-state index contributed by atoms with van der Waals surface area (Å²) < 4.78 is 5.05. The van der Waals surface area contributed by atoms with Crippen molar-refractivity contribution in [3.05, 3.63) is 34.9 Å². The number of carbonyl (C=O) groups is 1. The topological polar surface area (TPSA) is 132 Å². The van der Waals surface area contributed by atoms with Crippen LogP contribution in [0.25, 0.3) is 0 Å². The average molecular weight is 331 g/mol. The molecule has 2 rings (SSSR count). The van der Waals surface area contributed by atoms with Crippen LogP contribution < -0.4 is 5.43 Å². The number of ether oxygens (including phenoxy) is 1. The van der Waals surface area contributed by atoms with Crippen LogP contribution in [0.3, 0.4) is 0 Å². The molecule has 0 radical (unpaired) electrons. The first-order valence-corrected chi connectivity index (χ1v) is 6.77. The Morgan fingerprint density at radius 3 is 2.59 bits per heavy atom. The quantitative estimate of drug-likeness (QED) is 0.443. The molecule has 8 nitrogen and oxygen atoms in total. The van der Waals surface area contributed by atoms with Gasteiger partial charge in [0.15, 0.2) is 12.2 Å². The third-order valence-corrected chi connectivity index (χ3v) is 3.36. The molecule has 1 aromatic rings. The van der Waals surface area contributed by atoms with Crippen LogP contribution >= 0.6 is 11.6 Å². The number of hydrogen-bond donors (Lipinski definition) is 5. The molecule has 120 valence electrons. The lowest BCUT2D eigenvalue weighted by Gasteiger charge is -2.17. The minimum Gasteiger partial charge on any atom is -0.469 e. The van der Waals surface area contributed by atoms with Crippen molar-refractivity contribution in [1.82, 2.24) is 5.43 Å². The Morgan fingerprint density at radius 1 is 1.36 bits per heavy atom. The van der Waals surface area contributed by atoms with E-state index in [-0.39, 0.29) is 11.5 Å². The van der Waals surface area contributed by atoms with Gasteiger partial charge in [0, 0.05) is 10.6 Å². The van der Waals surface area contributed by atoms with E-state index in [0.29, 0.717) is 5.02 Å². The van der Waals surface area contributed by atoms with Crippen molar-refractivity contribution >= 4 is 23.4 Å². The van der Waals surface area contributed by atoms with Crippen LogP contribution in [0.1, 0.15) is 10.4 Å². The van der Waals surface area contributed by atoms with Crippen LogP contribution in [-0.4, -0.2) is 63.3 Å². The number of nitrogens with one attached hydrogen (secondary N) is 1. The monoisotopic (exact) mass is 330 g/mol. The van der Waals surface area contributed by atoms with Gasteiger partial charge in [0.2, 0.25) is 5.90 Å². The Kier molecular flexibility index (Phi) is 5.33. The second-order valence-electron chi connectivity index (χ2n) is 4.67. The average Bonchev–Trinajstić information content (AvgIpc) is 2.80. The van der Waals surface area contributed by atoms with Gasteiger partial charge in [0.05, 0.1) is 6.61 Å². The Balaban J connectivity index is 2.04. The molecule has 0 spiro atoms. The molecule has 5 N–H and O–H groups in total. The van der Waals surface area contributed by atoms with Crippen LogP contribution in [0.15, 0.2) is 29.4 Å². The molecule has 1 heterocycles. The summed E-state index contributed by atoms with van der Waals surface area (Å²) in [7, 11) is 0. The van der Waals surface area contributed by atoms with Gasteiger partial charge in [0.25, 0.3) is 5.91 Å². The number of halogens is 1. The van der Waals surface area contributed by atoms with E-state index in [4.69, 9.17) is 21.4 Å². The van der Waals surface area contributed by atoms with Crippen LogP contribution in [0, 0.1) is 0 Å². The highest BCUT2D eigenvalue weighted by Crippen LogP contribution is 2.20. The minimum absolute atomic E-state index is 0.286. The zero-order valence-electron chi connectivity index (χ0n) is 11.3. The van der Waals surface area contributed by atoms with E-state index in [0.717, 1.165) is 0 Å². The number of benzene rings is 1. The van der Waals surface area contributed by atoms with Crippen molar-refractivity contribution in [2.45, 2.75) is 24.4 Å². The summed E-state index contributed by atoms with van der Waals surface area (Å²) in [5.41, 5.74) is 2.44. The van der Waals surface area contributed by atoms with Crippen LogP contribution in [0.2, 0.25) is 5.02 Å². The van der Waals surface area contributed by atoms with E-state index in [1.54, 1.807) is 0 Å². The Labute approximate surface area is 130 Å². The highest BCUT2D eigenvalue weighted by molar-refractivity contribution is 6.30. The molecule has 4 atom stereocenters. The molecule has 0 bridgehead atoms. The summed E-state index contributed by atoms with van der Waals surface area (Å²) >= 11 is 5.71. The lowest BCUT2D eigenvalue weighted by atomic mass is 10.1. The van der Waals surface area contributed by atoms with E-state index in [1.165, 1.54) is 24.3 Å². The first-order valence-electron chi connectivity index (χ1n) is 6.39. The minimum atomic E-state index is -1.52. The molecule has 1 aliphatic rings. The van der Waals surface area contributed by atoms with Gasteiger partial charge in [-0.15, -0.1) is 5.10 Å². The van der Waals surface area contributed by atoms with Crippen LogP contribution in [0.4, 0.5) is 0 Å². The van der Waals surface area contributed by atoms with Gasteiger partial charge >= 0.3 is 0 Å². The summed E-state index contributed by atoms with van der Waals surface area (Å²) in [5, 5.41) is 41.7. The predicted molar refractivity (Wildman–Crippen MR) is 76.3 cm³/mol. The number of carbonyl (C=O) groups excluding carboxylic acids is 1. The number of aliphatic hydroxyl groups excluding tert-OH is 4. The molecule has 9 heteroatoms. The van der Waals surface area contributed by atoms with Crippen molar-refractivity contribution in [3.8, 4) is 0 Å². The van der Waals surface area contributed by atoms with Crippen molar-refractivity contribution in [2.24, 2.45) is 5.10 Å². The molecule has 1 saturated heterocycles. The Hall–Kier alpha value is -1.71. The summed E-state index contributed by atoms with van der Waals surface area (Å²) in [6, 6.07) is 6.03. The van der Waals surface area contributed by atoms with Gasteiger partial charge in [-0.3, -0.25) is 4.79 Å². The summed E-state index contributed by atoms with van der Waals surface area (Å²) in [6.45, 7) is -0.654. The number of rotatable bonds is 4. The molecule has 1 amide bonds. The van der Waals surface area contributed by atoms with Gasteiger partial charge in [-0.25, -0.2) is 5.43 Å². The smallest absolute Gasteiger partial charge is 0.271 e. The van der Waals surface area contributed by atoms with E-state index >= 15 is 0 Å². The molecule has 22 heavy (non-hydrogen) atoms. The van der Waals surface area contributed by atoms with Gasteiger partial charge < -0.3 is 25.2 Å². The highest BCUT2D eigenvalue weighted by Gasteiger charge is 2.44. The second kappa shape index (κ2) is 7.03. The fourth-order valence-corrected chi connectivity index (χ4v) is 2.00. The lowest BCUT2D eigenvalue weighted by molar-refractivity contribution is -0.0590. The first kappa shape index (κ1) is 16.7. The van der Waals surface area contributed by atoms with Crippen molar-refractivity contribution in [3.63, 3.8) is 0 Å². The zero-order chi connectivity index (χ0) is 16.3. The summed E-state index contributed by atoms with van der Waals surface area (Å²) in [5.74, 6) is -0.923. The van der Waals surface area contributed by atoms with Crippen LogP contribution in [0.5, 0.6) is 0 Å². The van der Waals surface area contributed by atoms with Gasteiger partial charge in [-0.2, -0.15) is 0 Å². The maximum atomic E-state index is 11.8. The van der Waals surface area contributed by atoms with E-state index in [1.807, 2.05) is 0 Å². The number of amides is 1. The lowest BCUT2D eigenvalue weighted by Crippen LogP contribution is -2.40. The fourth-order valence-electron chi connectivity index (χ4n) is 1.88. The Bertz CT molecular complexity index is 564. The number of hydrazone groups is 1. The highest BCUT2D eigenvalue weighted by atomic mass is 35.5. The second-order valence-corrected chi connectivity index (χ2v) is 5.10. The van der Waals surface area contributed by atoms with E-state index in [2.05, 4.69) is 10.5 Å². The fraction of sp³-hybridized carbons (Fsp3) is 0.385. The SMILES string of the molecule is O=C(N/N=C1/O[C@@H]([C@H](O)CO)[C@H](O)[C@H]1O)c1ccc(Cl)cc1. The number of aliphatic hydroxyl groups is 4. The van der Waals surface area contributed by atoms with Gasteiger partial charge in [-0.05, 0) is 24.3 Å².